The molecule has 3 rings (SSSR count). The number of nitrogens with one attached hydrogen (secondary N) is 2. The van der Waals surface area contributed by atoms with Crippen molar-refractivity contribution in [3.05, 3.63) is 45.9 Å². The van der Waals surface area contributed by atoms with Crippen molar-refractivity contribution in [2.24, 2.45) is 0 Å². The van der Waals surface area contributed by atoms with Crippen molar-refractivity contribution >= 4 is 30.7 Å². The highest BCUT2D eigenvalue weighted by atomic mass is 28.4. The van der Waals surface area contributed by atoms with E-state index in [0.29, 0.717) is 23.6 Å². The number of benzene rings is 1. The minimum Gasteiger partial charge on any atom is -0.413 e. The molecule has 0 amide bonds. The summed E-state index contributed by atoms with van der Waals surface area (Å²) in [5.74, 6) is 1.28. The molecule has 162 valence electrons. The first kappa shape index (κ1) is 22.2. The van der Waals surface area contributed by atoms with Gasteiger partial charge in [0.1, 0.15) is 0 Å². The van der Waals surface area contributed by atoms with E-state index in [-0.39, 0.29) is 16.6 Å². The fourth-order valence-corrected chi connectivity index (χ4v) is 3.88. The predicted octanol–water partition coefficient (Wildman–Crippen LogP) is 5.27. The Morgan fingerprint density at radius 1 is 1.20 bits per heavy atom. The standard InChI is InChI=1S/C22H33N5O2Si/c1-14(2)27-21(28)18-12-16(13-29-30(7,8)22(4,5)6)9-10-17(18)20(26-27)23-19-11-15(3)24-25-19/h9-12,14H,13H2,1-8H3,(H2,23,24,25,26). The zero-order valence-corrected chi connectivity index (χ0v) is 20.3. The smallest absolute Gasteiger partial charge is 0.275 e. The Morgan fingerprint density at radius 2 is 1.90 bits per heavy atom. The van der Waals surface area contributed by atoms with Gasteiger partial charge in [-0.25, -0.2) is 4.68 Å². The van der Waals surface area contributed by atoms with Crippen LogP contribution in [-0.2, 0) is 11.0 Å². The molecule has 0 unspecified atom stereocenters. The first-order valence-corrected chi connectivity index (χ1v) is 13.3. The Balaban J connectivity index is 2.03. The van der Waals surface area contributed by atoms with E-state index in [1.807, 2.05) is 45.0 Å². The van der Waals surface area contributed by atoms with Gasteiger partial charge in [0.25, 0.3) is 5.56 Å². The SMILES string of the molecule is Cc1cc(Nc2nn(C(C)C)c(=O)c3cc(CO[Si](C)(C)C(C)(C)C)ccc23)n[nH]1. The van der Waals surface area contributed by atoms with Crippen molar-refractivity contribution in [1.82, 2.24) is 20.0 Å². The second kappa shape index (κ2) is 8.00. The van der Waals surface area contributed by atoms with Gasteiger partial charge in [0.2, 0.25) is 0 Å². The minimum absolute atomic E-state index is 0.0597. The number of aromatic amines is 1. The Labute approximate surface area is 179 Å². The molecule has 0 aliphatic carbocycles. The van der Waals surface area contributed by atoms with Gasteiger partial charge >= 0.3 is 0 Å². The first-order valence-electron chi connectivity index (χ1n) is 10.4. The lowest BCUT2D eigenvalue weighted by Crippen LogP contribution is -2.40. The van der Waals surface area contributed by atoms with Gasteiger partial charge in [0, 0.05) is 17.1 Å². The van der Waals surface area contributed by atoms with Gasteiger partial charge < -0.3 is 9.74 Å². The number of aryl methyl sites for hydroxylation is 1. The summed E-state index contributed by atoms with van der Waals surface area (Å²) in [7, 11) is -1.88. The topological polar surface area (TPSA) is 84.8 Å². The average Bonchev–Trinajstić information content (AvgIpc) is 3.06. The normalized spacial score (nSPS) is 12.7. The summed E-state index contributed by atoms with van der Waals surface area (Å²) in [5.41, 5.74) is 1.84. The van der Waals surface area contributed by atoms with E-state index in [0.717, 1.165) is 16.6 Å². The number of hydrogen-bond donors (Lipinski definition) is 2. The highest BCUT2D eigenvalue weighted by Gasteiger charge is 2.37. The molecule has 7 nitrogen and oxygen atoms in total. The Bertz CT molecular complexity index is 1110. The van der Waals surface area contributed by atoms with Crippen LogP contribution >= 0.6 is 0 Å². The van der Waals surface area contributed by atoms with Crippen molar-refractivity contribution in [2.75, 3.05) is 5.32 Å². The van der Waals surface area contributed by atoms with Crippen molar-refractivity contribution in [3.8, 4) is 0 Å². The lowest BCUT2D eigenvalue weighted by molar-refractivity contribution is 0.276. The first-order chi connectivity index (χ1) is 13.9. The molecule has 2 N–H and O–H groups in total. The molecule has 0 spiro atoms. The average molecular weight is 428 g/mol. The number of anilines is 2. The lowest BCUT2D eigenvalue weighted by Gasteiger charge is -2.36. The molecule has 0 saturated carbocycles. The predicted molar refractivity (Wildman–Crippen MR) is 125 cm³/mol. The fourth-order valence-electron chi connectivity index (χ4n) is 2.92. The minimum atomic E-state index is -1.88. The summed E-state index contributed by atoms with van der Waals surface area (Å²) in [5, 5.41) is 16.5. The maximum Gasteiger partial charge on any atom is 0.275 e. The van der Waals surface area contributed by atoms with Gasteiger partial charge in [-0.2, -0.15) is 10.2 Å². The Morgan fingerprint density at radius 3 is 2.47 bits per heavy atom. The Kier molecular flexibility index (Phi) is 5.93. The summed E-state index contributed by atoms with van der Waals surface area (Å²) in [6, 6.07) is 7.74. The molecule has 0 radical (unpaired) electrons. The van der Waals surface area contributed by atoms with Crippen LogP contribution in [0.25, 0.3) is 10.8 Å². The molecule has 0 saturated heterocycles. The maximum atomic E-state index is 13.1. The quantitative estimate of drug-likeness (QED) is 0.523. The van der Waals surface area contributed by atoms with E-state index in [2.05, 4.69) is 54.5 Å². The summed E-state index contributed by atoms with van der Waals surface area (Å²) in [6.07, 6.45) is 0. The molecule has 0 aliphatic heterocycles. The molecule has 2 heterocycles. The number of fused-ring (bicyclic) bond motifs is 1. The third kappa shape index (κ3) is 4.49. The zero-order chi connectivity index (χ0) is 22.3. The van der Waals surface area contributed by atoms with Crippen LogP contribution in [0, 0.1) is 6.92 Å². The van der Waals surface area contributed by atoms with Gasteiger partial charge in [-0.15, -0.1) is 0 Å². The largest absolute Gasteiger partial charge is 0.413 e. The monoisotopic (exact) mass is 427 g/mol. The highest BCUT2D eigenvalue weighted by Crippen LogP contribution is 2.37. The number of H-pyrrole nitrogens is 1. The molecule has 30 heavy (non-hydrogen) atoms. The summed E-state index contributed by atoms with van der Waals surface area (Å²) in [6.45, 7) is 17.5. The highest BCUT2D eigenvalue weighted by molar-refractivity contribution is 6.74. The second-order valence-electron chi connectivity index (χ2n) is 9.68. The van der Waals surface area contributed by atoms with Gasteiger partial charge in [-0.05, 0) is 50.5 Å². The van der Waals surface area contributed by atoms with Crippen LogP contribution in [0.5, 0.6) is 0 Å². The summed E-state index contributed by atoms with van der Waals surface area (Å²) in [4.78, 5) is 13.1. The van der Waals surface area contributed by atoms with Crippen LogP contribution < -0.4 is 10.9 Å². The van der Waals surface area contributed by atoms with Crippen LogP contribution in [0.3, 0.4) is 0 Å². The molecule has 3 aromatic rings. The third-order valence-corrected chi connectivity index (χ3v) is 10.3. The van der Waals surface area contributed by atoms with Crippen LogP contribution in [-0.4, -0.2) is 28.3 Å². The zero-order valence-electron chi connectivity index (χ0n) is 19.3. The van der Waals surface area contributed by atoms with Gasteiger partial charge in [-0.1, -0.05) is 32.9 Å². The molecule has 0 bridgehead atoms. The van der Waals surface area contributed by atoms with E-state index < -0.39 is 8.32 Å². The molecule has 0 aliphatic rings. The summed E-state index contributed by atoms with van der Waals surface area (Å²) < 4.78 is 7.88. The lowest BCUT2D eigenvalue weighted by atomic mass is 10.1. The van der Waals surface area contributed by atoms with E-state index in [1.54, 1.807) is 0 Å². The molecule has 1 aromatic carbocycles. The fraction of sp³-hybridized carbons (Fsp3) is 0.500. The van der Waals surface area contributed by atoms with Crippen LogP contribution in [0.2, 0.25) is 18.1 Å². The van der Waals surface area contributed by atoms with Crippen molar-refractivity contribution in [3.63, 3.8) is 0 Å². The van der Waals surface area contributed by atoms with Crippen LogP contribution in [0.1, 0.15) is 51.9 Å². The number of nitrogens with zero attached hydrogens (tertiary/aromatic N) is 3. The second-order valence-corrected chi connectivity index (χ2v) is 14.5. The molecule has 2 aromatic heterocycles. The summed E-state index contributed by atoms with van der Waals surface area (Å²) >= 11 is 0. The van der Waals surface area contributed by atoms with E-state index in [1.165, 1.54) is 4.68 Å². The van der Waals surface area contributed by atoms with Crippen LogP contribution in [0.4, 0.5) is 11.6 Å². The molecule has 0 fully saturated rings. The molecular formula is C22H33N5O2Si. The third-order valence-electron chi connectivity index (χ3n) is 5.83. The van der Waals surface area contributed by atoms with E-state index >= 15 is 0 Å². The molecular weight excluding hydrogens is 394 g/mol. The van der Waals surface area contributed by atoms with Gasteiger partial charge in [-0.3, -0.25) is 9.89 Å². The Hall–Kier alpha value is -2.45. The van der Waals surface area contributed by atoms with Crippen molar-refractivity contribution in [1.29, 1.82) is 0 Å². The van der Waals surface area contributed by atoms with Gasteiger partial charge in [0.15, 0.2) is 20.0 Å². The van der Waals surface area contributed by atoms with Crippen LogP contribution in [0.15, 0.2) is 29.1 Å². The van der Waals surface area contributed by atoms with E-state index in [4.69, 9.17) is 4.43 Å². The van der Waals surface area contributed by atoms with Crippen molar-refractivity contribution in [2.45, 2.75) is 72.3 Å². The van der Waals surface area contributed by atoms with Crippen molar-refractivity contribution < 1.29 is 4.43 Å². The number of aromatic nitrogens is 4. The number of hydrogen-bond acceptors (Lipinski definition) is 5. The molecule has 0 atom stereocenters. The van der Waals surface area contributed by atoms with E-state index in [9.17, 15) is 4.79 Å². The maximum absolute atomic E-state index is 13.1. The molecule has 8 heteroatoms. The number of rotatable bonds is 6. The van der Waals surface area contributed by atoms with Gasteiger partial charge in [0.05, 0.1) is 18.0 Å².